The lowest BCUT2D eigenvalue weighted by atomic mass is 10.1. The number of rotatable bonds is 0. The summed E-state index contributed by atoms with van der Waals surface area (Å²) in [6.45, 7) is 0.976. The molecule has 2 N–H and O–H groups in total. The molecule has 2 heterocycles. The topological polar surface area (TPSA) is 56.7 Å². The van der Waals surface area contributed by atoms with Crippen LogP contribution in [-0.2, 0) is 13.0 Å². The third-order valence-corrected chi connectivity index (χ3v) is 2.18. The van der Waals surface area contributed by atoms with Gasteiger partial charge in [0.05, 0.1) is 0 Å². The summed E-state index contributed by atoms with van der Waals surface area (Å²) in [4.78, 5) is 0. The largest absolute Gasteiger partial charge is 0.328 e. The van der Waals surface area contributed by atoms with Crippen LogP contribution < -0.4 is 5.73 Å². The highest BCUT2D eigenvalue weighted by atomic mass is 35.5. The van der Waals surface area contributed by atoms with Crippen molar-refractivity contribution in [1.82, 2.24) is 14.8 Å². The molecule has 1 aliphatic heterocycles. The van der Waals surface area contributed by atoms with Gasteiger partial charge in [0.25, 0.3) is 0 Å². The first kappa shape index (κ1) is 12.7. The van der Waals surface area contributed by atoms with E-state index in [1.165, 1.54) is 0 Å². The SMILES string of the molecule is Cl.Cl.NC1CCc2nncn2CC1. The van der Waals surface area contributed by atoms with E-state index in [1.54, 1.807) is 6.33 Å². The summed E-state index contributed by atoms with van der Waals surface area (Å²) in [5, 5.41) is 7.85. The van der Waals surface area contributed by atoms with E-state index in [9.17, 15) is 0 Å². The molecular weight excluding hydrogens is 211 g/mol. The fraction of sp³-hybridized carbons (Fsp3) is 0.714. The van der Waals surface area contributed by atoms with Gasteiger partial charge < -0.3 is 10.3 Å². The number of aromatic nitrogens is 3. The van der Waals surface area contributed by atoms with Gasteiger partial charge in [-0.25, -0.2) is 0 Å². The summed E-state index contributed by atoms with van der Waals surface area (Å²) in [6, 6.07) is 0.344. The fourth-order valence-electron chi connectivity index (χ4n) is 1.42. The van der Waals surface area contributed by atoms with Crippen LogP contribution in [0.15, 0.2) is 6.33 Å². The molecule has 76 valence electrons. The highest BCUT2D eigenvalue weighted by Crippen LogP contribution is 2.10. The van der Waals surface area contributed by atoms with Gasteiger partial charge in [-0.3, -0.25) is 0 Å². The maximum absolute atomic E-state index is 5.81. The molecule has 2 rings (SSSR count). The van der Waals surface area contributed by atoms with Gasteiger partial charge in [0.15, 0.2) is 0 Å². The van der Waals surface area contributed by atoms with Gasteiger partial charge in [0.1, 0.15) is 12.2 Å². The highest BCUT2D eigenvalue weighted by Gasteiger charge is 2.12. The van der Waals surface area contributed by atoms with Gasteiger partial charge >= 0.3 is 0 Å². The Labute approximate surface area is 89.7 Å². The van der Waals surface area contributed by atoms with Crippen molar-refractivity contribution in [2.75, 3.05) is 0 Å². The second kappa shape index (κ2) is 5.42. The molecule has 1 aromatic rings. The quantitative estimate of drug-likeness (QED) is 0.710. The molecule has 1 unspecified atom stereocenters. The molecule has 13 heavy (non-hydrogen) atoms. The molecule has 0 fully saturated rings. The third kappa shape index (κ3) is 2.83. The van der Waals surface area contributed by atoms with Crippen LogP contribution in [0.5, 0.6) is 0 Å². The van der Waals surface area contributed by atoms with E-state index in [1.807, 2.05) is 0 Å². The van der Waals surface area contributed by atoms with E-state index >= 15 is 0 Å². The van der Waals surface area contributed by atoms with Gasteiger partial charge in [-0.1, -0.05) is 0 Å². The van der Waals surface area contributed by atoms with Gasteiger partial charge in [0.2, 0.25) is 0 Å². The van der Waals surface area contributed by atoms with Crippen LogP contribution in [0, 0.1) is 0 Å². The van der Waals surface area contributed by atoms with Crippen molar-refractivity contribution in [3.8, 4) is 0 Å². The molecule has 1 atom stereocenters. The minimum Gasteiger partial charge on any atom is -0.328 e. The van der Waals surface area contributed by atoms with Crippen LogP contribution in [0.2, 0.25) is 0 Å². The zero-order valence-corrected chi connectivity index (χ0v) is 8.85. The molecule has 0 radical (unpaired) electrons. The molecule has 6 heteroatoms. The van der Waals surface area contributed by atoms with Crippen LogP contribution in [-0.4, -0.2) is 20.8 Å². The summed E-state index contributed by atoms with van der Waals surface area (Å²) >= 11 is 0. The molecule has 0 amide bonds. The van der Waals surface area contributed by atoms with Crippen molar-refractivity contribution in [2.45, 2.75) is 31.8 Å². The van der Waals surface area contributed by atoms with Crippen molar-refractivity contribution in [3.05, 3.63) is 12.2 Å². The first-order valence-corrected chi connectivity index (χ1v) is 3.98. The molecule has 1 aromatic heterocycles. The number of fused-ring (bicyclic) bond motifs is 1. The average molecular weight is 225 g/mol. The second-order valence-electron chi connectivity index (χ2n) is 3.03. The van der Waals surface area contributed by atoms with E-state index < -0.39 is 0 Å². The molecular formula is C7H14Cl2N4. The second-order valence-corrected chi connectivity index (χ2v) is 3.03. The normalized spacial score (nSPS) is 20.5. The zero-order chi connectivity index (χ0) is 7.68. The van der Waals surface area contributed by atoms with Gasteiger partial charge in [-0.2, -0.15) is 0 Å². The van der Waals surface area contributed by atoms with E-state index in [-0.39, 0.29) is 24.8 Å². The molecule has 0 aromatic carbocycles. The predicted octanol–water partition coefficient (Wildman–Crippen LogP) is 0.785. The Balaban J connectivity index is 0.000000720. The molecule has 0 saturated heterocycles. The highest BCUT2D eigenvalue weighted by molar-refractivity contribution is 5.85. The van der Waals surface area contributed by atoms with Crippen molar-refractivity contribution >= 4 is 24.8 Å². The van der Waals surface area contributed by atoms with Crippen LogP contribution in [0.25, 0.3) is 0 Å². The summed E-state index contributed by atoms with van der Waals surface area (Å²) in [6.07, 6.45) is 4.85. The maximum Gasteiger partial charge on any atom is 0.132 e. The van der Waals surface area contributed by atoms with Crippen LogP contribution in [0.3, 0.4) is 0 Å². The summed E-state index contributed by atoms with van der Waals surface area (Å²) in [5.41, 5.74) is 5.81. The number of hydrogen-bond acceptors (Lipinski definition) is 3. The van der Waals surface area contributed by atoms with Crippen LogP contribution >= 0.6 is 24.8 Å². The Morgan fingerprint density at radius 3 is 2.92 bits per heavy atom. The zero-order valence-electron chi connectivity index (χ0n) is 7.22. The molecule has 0 bridgehead atoms. The van der Waals surface area contributed by atoms with Crippen molar-refractivity contribution < 1.29 is 0 Å². The Morgan fingerprint density at radius 2 is 2.15 bits per heavy atom. The molecule has 0 saturated carbocycles. The van der Waals surface area contributed by atoms with Crippen LogP contribution in [0.4, 0.5) is 0 Å². The number of halogens is 2. The Kier molecular flexibility index (Phi) is 5.29. The smallest absolute Gasteiger partial charge is 0.132 e. The van der Waals surface area contributed by atoms with Gasteiger partial charge in [0, 0.05) is 19.0 Å². The van der Waals surface area contributed by atoms with Crippen molar-refractivity contribution in [2.24, 2.45) is 5.73 Å². The number of hydrogen-bond donors (Lipinski definition) is 1. The molecule has 4 nitrogen and oxygen atoms in total. The minimum absolute atomic E-state index is 0. The van der Waals surface area contributed by atoms with E-state index in [0.717, 1.165) is 31.6 Å². The monoisotopic (exact) mass is 224 g/mol. The van der Waals surface area contributed by atoms with E-state index in [2.05, 4.69) is 14.8 Å². The summed E-state index contributed by atoms with van der Waals surface area (Å²) < 4.78 is 2.09. The molecule has 1 aliphatic rings. The Hall–Kier alpha value is -0.320. The van der Waals surface area contributed by atoms with Crippen LogP contribution in [0.1, 0.15) is 18.7 Å². The van der Waals surface area contributed by atoms with E-state index in [4.69, 9.17) is 5.73 Å². The first-order valence-electron chi connectivity index (χ1n) is 3.98. The molecule has 0 spiro atoms. The van der Waals surface area contributed by atoms with Crippen molar-refractivity contribution in [3.63, 3.8) is 0 Å². The predicted molar refractivity (Wildman–Crippen MR) is 55.4 cm³/mol. The standard InChI is InChI=1S/C7H12N4.2ClH/c8-6-1-2-7-10-9-5-11(7)4-3-6;;/h5-6H,1-4,8H2;2*1H. The number of nitrogens with zero attached hydrogens (tertiary/aromatic N) is 3. The van der Waals surface area contributed by atoms with Crippen molar-refractivity contribution in [1.29, 1.82) is 0 Å². The third-order valence-electron chi connectivity index (χ3n) is 2.18. The number of aryl methyl sites for hydroxylation is 2. The maximum atomic E-state index is 5.81. The Bertz CT molecular complexity index is 228. The minimum atomic E-state index is 0. The van der Waals surface area contributed by atoms with E-state index in [0.29, 0.717) is 6.04 Å². The molecule has 0 aliphatic carbocycles. The lowest BCUT2D eigenvalue weighted by molar-refractivity contribution is 0.553. The number of nitrogens with two attached hydrogens (primary N) is 1. The van der Waals surface area contributed by atoms with Gasteiger partial charge in [-0.05, 0) is 12.8 Å². The lowest BCUT2D eigenvalue weighted by Crippen LogP contribution is -2.19. The fourth-order valence-corrected chi connectivity index (χ4v) is 1.42. The average Bonchev–Trinajstić information content (AvgIpc) is 2.38. The first-order chi connectivity index (χ1) is 5.36. The lowest BCUT2D eigenvalue weighted by Gasteiger charge is -2.04. The summed E-state index contributed by atoms with van der Waals surface area (Å²) in [7, 11) is 0. The summed E-state index contributed by atoms with van der Waals surface area (Å²) in [5.74, 6) is 1.08. The van der Waals surface area contributed by atoms with Gasteiger partial charge in [-0.15, -0.1) is 35.0 Å². The Morgan fingerprint density at radius 1 is 1.38 bits per heavy atom.